The summed E-state index contributed by atoms with van der Waals surface area (Å²) in [6.45, 7) is 7.11. The van der Waals surface area contributed by atoms with Crippen molar-refractivity contribution in [3.63, 3.8) is 0 Å². The summed E-state index contributed by atoms with van der Waals surface area (Å²) >= 11 is 0. The maximum absolute atomic E-state index is 12.3. The second kappa shape index (κ2) is 7.79. The summed E-state index contributed by atoms with van der Waals surface area (Å²) in [7, 11) is 0. The minimum absolute atomic E-state index is 0.402. The molecule has 0 saturated carbocycles. The highest BCUT2D eigenvalue weighted by Gasteiger charge is 2.32. The molecule has 6 heteroatoms. The number of nitrogens with zero attached hydrogens (tertiary/aromatic N) is 2. The van der Waals surface area contributed by atoms with Gasteiger partial charge in [0.25, 0.3) is 0 Å². The molecule has 0 aliphatic carbocycles. The molecular weight excluding hydrogens is 279 g/mol. The highest BCUT2D eigenvalue weighted by molar-refractivity contribution is 4.80. The zero-order chi connectivity index (χ0) is 15.3. The molecule has 1 N–H and O–H groups in total. The number of nitrogens with one attached hydrogen (secondary N) is 1. The van der Waals surface area contributed by atoms with E-state index >= 15 is 0 Å². The van der Waals surface area contributed by atoms with E-state index in [4.69, 9.17) is 0 Å². The number of alkyl halides is 3. The van der Waals surface area contributed by atoms with E-state index in [0.717, 1.165) is 31.8 Å². The van der Waals surface area contributed by atoms with E-state index < -0.39 is 12.7 Å². The van der Waals surface area contributed by atoms with Crippen LogP contribution in [0.15, 0.2) is 0 Å². The summed E-state index contributed by atoms with van der Waals surface area (Å²) in [5.41, 5.74) is 0. The third kappa shape index (κ3) is 6.12. The topological polar surface area (TPSA) is 18.5 Å². The molecular formula is C15H28F3N3. The summed E-state index contributed by atoms with van der Waals surface area (Å²) in [4.78, 5) is 4.00. The van der Waals surface area contributed by atoms with E-state index in [1.807, 2.05) is 0 Å². The van der Waals surface area contributed by atoms with Crippen molar-refractivity contribution < 1.29 is 13.2 Å². The van der Waals surface area contributed by atoms with Crippen LogP contribution in [0, 0.1) is 5.92 Å². The quantitative estimate of drug-likeness (QED) is 0.841. The molecule has 0 spiro atoms. The van der Waals surface area contributed by atoms with Gasteiger partial charge in [0.2, 0.25) is 0 Å². The summed E-state index contributed by atoms with van der Waals surface area (Å²) in [6.07, 6.45) is 0.100. The molecule has 0 aromatic rings. The SMILES string of the molecule is CCN1CCC(CNC2CCN(CC(F)(F)F)CC2)CC1. The second-order valence-corrected chi connectivity index (χ2v) is 6.45. The number of rotatable bonds is 5. The van der Waals surface area contributed by atoms with E-state index in [0.29, 0.717) is 19.1 Å². The molecule has 0 bridgehead atoms. The predicted molar refractivity (Wildman–Crippen MR) is 78.4 cm³/mol. The molecule has 0 amide bonds. The van der Waals surface area contributed by atoms with Crippen LogP contribution in [-0.2, 0) is 0 Å². The van der Waals surface area contributed by atoms with Crippen LogP contribution < -0.4 is 5.32 Å². The van der Waals surface area contributed by atoms with Gasteiger partial charge in [0, 0.05) is 6.04 Å². The van der Waals surface area contributed by atoms with Gasteiger partial charge in [-0.1, -0.05) is 6.92 Å². The molecule has 2 aliphatic heterocycles. The van der Waals surface area contributed by atoms with Gasteiger partial charge in [-0.25, -0.2) is 0 Å². The Bertz CT molecular complexity index is 293. The normalized spacial score (nSPS) is 24.6. The monoisotopic (exact) mass is 307 g/mol. The molecule has 2 heterocycles. The Morgan fingerprint density at radius 1 is 0.952 bits per heavy atom. The Balaban J connectivity index is 1.59. The summed E-state index contributed by atoms with van der Waals surface area (Å²) in [5, 5.41) is 3.58. The van der Waals surface area contributed by atoms with Gasteiger partial charge in [-0.15, -0.1) is 0 Å². The zero-order valence-corrected chi connectivity index (χ0v) is 13.0. The van der Waals surface area contributed by atoms with E-state index in [9.17, 15) is 13.2 Å². The Labute approximate surface area is 125 Å². The lowest BCUT2D eigenvalue weighted by molar-refractivity contribution is -0.148. The first-order valence-corrected chi connectivity index (χ1v) is 8.21. The number of likely N-dealkylation sites (tertiary alicyclic amines) is 2. The molecule has 0 atom stereocenters. The summed E-state index contributed by atoms with van der Waals surface area (Å²) < 4.78 is 37.0. The molecule has 21 heavy (non-hydrogen) atoms. The molecule has 2 rings (SSSR count). The van der Waals surface area contributed by atoms with Crippen LogP contribution in [0.4, 0.5) is 13.2 Å². The lowest BCUT2D eigenvalue weighted by Crippen LogP contribution is -2.47. The van der Waals surface area contributed by atoms with Gasteiger partial charge in [-0.05, 0) is 70.9 Å². The molecule has 124 valence electrons. The van der Waals surface area contributed by atoms with Gasteiger partial charge in [-0.3, -0.25) is 4.90 Å². The minimum Gasteiger partial charge on any atom is -0.314 e. The molecule has 2 fully saturated rings. The molecule has 2 aliphatic rings. The third-order valence-electron chi connectivity index (χ3n) is 4.84. The fourth-order valence-corrected chi connectivity index (χ4v) is 3.39. The van der Waals surface area contributed by atoms with Gasteiger partial charge < -0.3 is 10.2 Å². The Hall–Kier alpha value is -0.330. The number of piperidine rings is 2. The van der Waals surface area contributed by atoms with Gasteiger partial charge in [0.05, 0.1) is 6.54 Å². The van der Waals surface area contributed by atoms with Crippen molar-refractivity contribution >= 4 is 0 Å². The van der Waals surface area contributed by atoms with Crippen molar-refractivity contribution in [2.45, 2.75) is 44.8 Å². The van der Waals surface area contributed by atoms with Crippen LogP contribution in [0.2, 0.25) is 0 Å². The van der Waals surface area contributed by atoms with Crippen LogP contribution in [0.3, 0.4) is 0 Å². The Morgan fingerprint density at radius 2 is 1.52 bits per heavy atom. The summed E-state index contributed by atoms with van der Waals surface area (Å²) in [5.74, 6) is 0.737. The average molecular weight is 307 g/mol. The van der Waals surface area contributed by atoms with Gasteiger partial charge in [0.1, 0.15) is 0 Å². The highest BCUT2D eigenvalue weighted by atomic mass is 19.4. The second-order valence-electron chi connectivity index (χ2n) is 6.45. The number of hydrogen-bond acceptors (Lipinski definition) is 3. The molecule has 0 unspecified atom stereocenters. The highest BCUT2D eigenvalue weighted by Crippen LogP contribution is 2.21. The maximum Gasteiger partial charge on any atom is 0.401 e. The Morgan fingerprint density at radius 3 is 2.05 bits per heavy atom. The average Bonchev–Trinajstić information content (AvgIpc) is 2.45. The standard InChI is InChI=1S/C15H28F3N3/c1-2-20-7-3-13(4-8-20)11-19-14-5-9-21(10-6-14)12-15(16,17)18/h13-14,19H,2-12H2,1H3. The zero-order valence-electron chi connectivity index (χ0n) is 13.0. The van der Waals surface area contributed by atoms with Crippen molar-refractivity contribution in [2.24, 2.45) is 5.92 Å². The minimum atomic E-state index is -4.06. The maximum atomic E-state index is 12.3. The van der Waals surface area contributed by atoms with Gasteiger partial charge in [0.15, 0.2) is 0 Å². The smallest absolute Gasteiger partial charge is 0.314 e. The van der Waals surface area contributed by atoms with Crippen LogP contribution in [0.25, 0.3) is 0 Å². The molecule has 0 aromatic carbocycles. The summed E-state index contributed by atoms with van der Waals surface area (Å²) in [6, 6.07) is 0.402. The van der Waals surface area contributed by atoms with Crippen molar-refractivity contribution in [3.05, 3.63) is 0 Å². The first kappa shape index (κ1) is 17.0. The van der Waals surface area contributed by atoms with E-state index in [1.54, 1.807) is 0 Å². The predicted octanol–water partition coefficient (Wildman–Crippen LogP) is 2.33. The first-order chi connectivity index (χ1) is 9.96. The lowest BCUT2D eigenvalue weighted by Gasteiger charge is -2.35. The molecule has 0 aromatic heterocycles. The number of hydrogen-bond donors (Lipinski definition) is 1. The van der Waals surface area contributed by atoms with Crippen LogP contribution in [0.1, 0.15) is 32.6 Å². The van der Waals surface area contributed by atoms with Gasteiger partial charge in [-0.2, -0.15) is 13.2 Å². The molecule has 0 radical (unpaired) electrons. The van der Waals surface area contributed by atoms with Crippen molar-refractivity contribution in [2.75, 3.05) is 45.8 Å². The van der Waals surface area contributed by atoms with E-state index in [-0.39, 0.29) is 0 Å². The lowest BCUT2D eigenvalue weighted by atomic mass is 9.95. The van der Waals surface area contributed by atoms with Crippen LogP contribution in [-0.4, -0.2) is 67.8 Å². The van der Waals surface area contributed by atoms with E-state index in [1.165, 1.54) is 30.8 Å². The van der Waals surface area contributed by atoms with Crippen LogP contribution >= 0.6 is 0 Å². The largest absolute Gasteiger partial charge is 0.401 e. The van der Waals surface area contributed by atoms with Crippen molar-refractivity contribution in [3.8, 4) is 0 Å². The first-order valence-electron chi connectivity index (χ1n) is 8.21. The van der Waals surface area contributed by atoms with Crippen molar-refractivity contribution in [1.29, 1.82) is 0 Å². The van der Waals surface area contributed by atoms with Gasteiger partial charge >= 0.3 is 6.18 Å². The molecule has 3 nitrogen and oxygen atoms in total. The van der Waals surface area contributed by atoms with Crippen molar-refractivity contribution in [1.82, 2.24) is 15.1 Å². The Kier molecular flexibility index (Phi) is 6.32. The third-order valence-corrected chi connectivity index (χ3v) is 4.84. The molecule has 2 saturated heterocycles. The van der Waals surface area contributed by atoms with E-state index in [2.05, 4.69) is 17.1 Å². The number of halogens is 3. The fourth-order valence-electron chi connectivity index (χ4n) is 3.39. The fraction of sp³-hybridized carbons (Fsp3) is 1.00. The van der Waals surface area contributed by atoms with Crippen LogP contribution in [0.5, 0.6) is 0 Å².